The van der Waals surface area contributed by atoms with E-state index >= 15 is 0 Å². The fraction of sp³-hybridized carbons (Fsp3) is 0.571. The van der Waals surface area contributed by atoms with Crippen LogP contribution in [-0.4, -0.2) is 52.4 Å². The zero-order valence-corrected chi connectivity index (χ0v) is 10.7. The molecule has 0 spiro atoms. The number of nitrogens with one attached hydrogen (secondary N) is 1. The predicted octanol–water partition coefficient (Wildman–Crippen LogP) is -0.730. The minimum Gasteiger partial charge on any atom is -0.396 e. The Kier molecular flexibility index (Phi) is 4.90. The van der Waals surface area contributed by atoms with Gasteiger partial charge in [-0.2, -0.15) is 0 Å². The molecule has 1 heterocycles. The van der Waals surface area contributed by atoms with Gasteiger partial charge in [0.05, 0.1) is 19.3 Å². The van der Waals surface area contributed by atoms with Crippen molar-refractivity contribution in [2.24, 2.45) is 11.8 Å². The fourth-order valence-electron chi connectivity index (χ4n) is 3.03. The SMILES string of the molecule is OC[C@H]1[C@@H]([C@@H](O)CO)[C@@H](c2ccccc2)N[C@H]1CO. The maximum atomic E-state index is 10.0. The Morgan fingerprint density at radius 3 is 2.26 bits per heavy atom. The van der Waals surface area contributed by atoms with E-state index < -0.39 is 6.10 Å². The first-order chi connectivity index (χ1) is 9.22. The summed E-state index contributed by atoms with van der Waals surface area (Å²) in [4.78, 5) is 0. The van der Waals surface area contributed by atoms with Crippen LogP contribution in [0.15, 0.2) is 30.3 Å². The van der Waals surface area contributed by atoms with Crippen LogP contribution in [0.4, 0.5) is 0 Å². The van der Waals surface area contributed by atoms with Crippen molar-refractivity contribution in [2.45, 2.75) is 18.2 Å². The molecule has 19 heavy (non-hydrogen) atoms. The normalized spacial score (nSPS) is 32.4. The van der Waals surface area contributed by atoms with Crippen LogP contribution in [-0.2, 0) is 0 Å². The molecule has 0 aliphatic carbocycles. The topological polar surface area (TPSA) is 93.0 Å². The summed E-state index contributed by atoms with van der Waals surface area (Å²) in [7, 11) is 0. The van der Waals surface area contributed by atoms with Crippen LogP contribution in [0.1, 0.15) is 11.6 Å². The molecule has 5 nitrogen and oxygen atoms in total. The molecule has 0 amide bonds. The van der Waals surface area contributed by atoms with E-state index in [4.69, 9.17) is 0 Å². The van der Waals surface area contributed by atoms with Crippen molar-refractivity contribution in [3.8, 4) is 0 Å². The number of hydrogen-bond donors (Lipinski definition) is 5. The average Bonchev–Trinajstić information content (AvgIpc) is 2.85. The Morgan fingerprint density at radius 1 is 1.05 bits per heavy atom. The Hall–Kier alpha value is -0.980. The molecule has 0 bridgehead atoms. The second-order valence-electron chi connectivity index (χ2n) is 5.02. The maximum absolute atomic E-state index is 10.0. The van der Waals surface area contributed by atoms with Crippen LogP contribution in [0.5, 0.6) is 0 Å². The molecule has 1 aromatic rings. The third kappa shape index (κ3) is 2.80. The molecule has 5 heteroatoms. The minimum absolute atomic E-state index is 0.108. The largest absolute Gasteiger partial charge is 0.396 e. The van der Waals surface area contributed by atoms with Gasteiger partial charge in [-0.05, 0) is 5.56 Å². The number of rotatable bonds is 5. The molecule has 0 radical (unpaired) electrons. The summed E-state index contributed by atoms with van der Waals surface area (Å²) < 4.78 is 0. The van der Waals surface area contributed by atoms with Gasteiger partial charge in [0, 0.05) is 30.5 Å². The Labute approximate surface area is 112 Å². The van der Waals surface area contributed by atoms with Gasteiger partial charge in [0.1, 0.15) is 0 Å². The third-order valence-electron chi connectivity index (χ3n) is 3.99. The van der Waals surface area contributed by atoms with Gasteiger partial charge in [0.2, 0.25) is 0 Å². The van der Waals surface area contributed by atoms with Gasteiger partial charge >= 0.3 is 0 Å². The van der Waals surface area contributed by atoms with Gasteiger partial charge in [-0.1, -0.05) is 30.3 Å². The molecule has 1 fully saturated rings. The van der Waals surface area contributed by atoms with Crippen molar-refractivity contribution in [3.63, 3.8) is 0 Å². The fourth-order valence-corrected chi connectivity index (χ4v) is 3.03. The first kappa shape index (κ1) is 14.4. The summed E-state index contributed by atoms with van der Waals surface area (Å²) in [5.41, 5.74) is 0.981. The number of aliphatic hydroxyl groups excluding tert-OH is 4. The van der Waals surface area contributed by atoms with Gasteiger partial charge in [-0.25, -0.2) is 0 Å². The Bertz CT molecular complexity index is 386. The van der Waals surface area contributed by atoms with E-state index in [9.17, 15) is 20.4 Å². The molecule has 5 N–H and O–H groups in total. The smallest absolute Gasteiger partial charge is 0.0821 e. The average molecular weight is 267 g/mol. The number of benzene rings is 1. The van der Waals surface area contributed by atoms with Crippen LogP contribution in [0, 0.1) is 11.8 Å². The molecule has 2 rings (SSSR count). The summed E-state index contributed by atoms with van der Waals surface area (Å²) >= 11 is 0. The highest BCUT2D eigenvalue weighted by Gasteiger charge is 2.45. The second kappa shape index (κ2) is 6.45. The molecule has 5 atom stereocenters. The minimum atomic E-state index is -0.925. The molecule has 1 aromatic carbocycles. The van der Waals surface area contributed by atoms with Crippen LogP contribution in [0.25, 0.3) is 0 Å². The van der Waals surface area contributed by atoms with E-state index in [-0.39, 0.29) is 43.7 Å². The number of hydrogen-bond acceptors (Lipinski definition) is 5. The Balaban J connectivity index is 2.30. The monoisotopic (exact) mass is 267 g/mol. The summed E-state index contributed by atoms with van der Waals surface area (Å²) in [6.07, 6.45) is -0.925. The van der Waals surface area contributed by atoms with Crippen molar-refractivity contribution >= 4 is 0 Å². The van der Waals surface area contributed by atoms with E-state index in [0.29, 0.717) is 0 Å². The molecular weight excluding hydrogens is 246 g/mol. The van der Waals surface area contributed by atoms with Crippen molar-refractivity contribution < 1.29 is 20.4 Å². The molecule has 0 aromatic heterocycles. The van der Waals surface area contributed by atoms with Gasteiger partial charge in [-0.15, -0.1) is 0 Å². The lowest BCUT2D eigenvalue weighted by Gasteiger charge is -2.27. The molecule has 106 valence electrons. The first-order valence-electron chi connectivity index (χ1n) is 6.54. The summed E-state index contributed by atoms with van der Waals surface area (Å²) in [5, 5.41) is 41.4. The predicted molar refractivity (Wildman–Crippen MR) is 70.4 cm³/mol. The summed E-state index contributed by atoms with van der Waals surface area (Å²) in [5.74, 6) is -0.605. The van der Waals surface area contributed by atoms with Crippen LogP contribution < -0.4 is 5.32 Å². The van der Waals surface area contributed by atoms with Gasteiger partial charge < -0.3 is 25.7 Å². The lowest BCUT2D eigenvalue weighted by molar-refractivity contribution is 0.00937. The summed E-state index contributed by atoms with van der Waals surface area (Å²) in [6, 6.07) is 9.12. The van der Waals surface area contributed by atoms with E-state index in [1.54, 1.807) is 0 Å². The van der Waals surface area contributed by atoms with Crippen LogP contribution in [0.2, 0.25) is 0 Å². The van der Waals surface area contributed by atoms with Crippen molar-refractivity contribution in [3.05, 3.63) is 35.9 Å². The highest BCUT2D eigenvalue weighted by molar-refractivity contribution is 5.23. The zero-order valence-electron chi connectivity index (χ0n) is 10.7. The third-order valence-corrected chi connectivity index (χ3v) is 3.99. The number of aliphatic hydroxyl groups is 4. The van der Waals surface area contributed by atoms with E-state index in [2.05, 4.69) is 5.32 Å². The van der Waals surface area contributed by atoms with E-state index in [0.717, 1.165) is 5.56 Å². The molecule has 0 unspecified atom stereocenters. The van der Waals surface area contributed by atoms with E-state index in [1.807, 2.05) is 30.3 Å². The highest BCUT2D eigenvalue weighted by atomic mass is 16.3. The summed E-state index contributed by atoms with van der Waals surface area (Å²) in [6.45, 7) is -0.600. The van der Waals surface area contributed by atoms with E-state index in [1.165, 1.54) is 0 Å². The Morgan fingerprint density at radius 2 is 1.74 bits per heavy atom. The highest BCUT2D eigenvalue weighted by Crippen LogP contribution is 2.39. The van der Waals surface area contributed by atoms with Crippen LogP contribution >= 0.6 is 0 Å². The second-order valence-corrected chi connectivity index (χ2v) is 5.02. The quantitative estimate of drug-likeness (QED) is 0.485. The van der Waals surface area contributed by atoms with Gasteiger partial charge in [0.25, 0.3) is 0 Å². The van der Waals surface area contributed by atoms with Crippen LogP contribution in [0.3, 0.4) is 0 Å². The standard InChI is InChI=1S/C14H21NO4/c16-6-10-11(7-17)15-14(13(10)12(19)8-18)9-4-2-1-3-5-9/h1-5,10-19H,6-8H2/t10-,11+,12+,13+,14-/m1/s1. The van der Waals surface area contributed by atoms with Gasteiger partial charge in [-0.3, -0.25) is 0 Å². The maximum Gasteiger partial charge on any atom is 0.0821 e. The first-order valence-corrected chi connectivity index (χ1v) is 6.54. The molecule has 1 aliphatic rings. The zero-order chi connectivity index (χ0) is 13.8. The van der Waals surface area contributed by atoms with Crippen molar-refractivity contribution in [1.29, 1.82) is 0 Å². The molecule has 0 saturated carbocycles. The lowest BCUT2D eigenvalue weighted by Crippen LogP contribution is -2.36. The molecule has 1 aliphatic heterocycles. The molecule has 1 saturated heterocycles. The molecular formula is C14H21NO4. The van der Waals surface area contributed by atoms with Crippen molar-refractivity contribution in [1.82, 2.24) is 5.32 Å². The van der Waals surface area contributed by atoms with Gasteiger partial charge in [0.15, 0.2) is 0 Å². The lowest BCUT2D eigenvalue weighted by atomic mass is 9.81. The van der Waals surface area contributed by atoms with Crippen molar-refractivity contribution in [2.75, 3.05) is 19.8 Å².